The monoisotopic (exact) mass is 180 g/mol. The van der Waals surface area contributed by atoms with Gasteiger partial charge in [-0.05, 0) is 6.07 Å². The van der Waals surface area contributed by atoms with Gasteiger partial charge in [-0.15, -0.1) is 0 Å². The molecule has 0 saturated heterocycles. The SMILES string of the molecule is COc1cccc([N+](=O)[O-])c1[N+]#N. The van der Waals surface area contributed by atoms with E-state index in [0.29, 0.717) is 0 Å². The molecule has 66 valence electrons. The summed E-state index contributed by atoms with van der Waals surface area (Å²) in [6, 6.07) is 4.16. The second kappa shape index (κ2) is 3.49. The fourth-order valence-electron chi connectivity index (χ4n) is 0.923. The number of benzene rings is 1. The molecule has 0 aromatic heterocycles. The number of hydrogen-bond donors (Lipinski definition) is 0. The maximum Gasteiger partial charge on any atom is 0.502 e. The van der Waals surface area contributed by atoms with E-state index in [0.717, 1.165) is 0 Å². The predicted molar refractivity (Wildman–Crippen MR) is 44.4 cm³/mol. The molecule has 0 saturated carbocycles. The van der Waals surface area contributed by atoms with E-state index in [1.54, 1.807) is 0 Å². The first-order valence-electron chi connectivity index (χ1n) is 3.37. The average Bonchev–Trinajstić information content (AvgIpc) is 2.16. The van der Waals surface area contributed by atoms with Crippen LogP contribution in [0.3, 0.4) is 0 Å². The van der Waals surface area contributed by atoms with Crippen molar-refractivity contribution >= 4 is 11.4 Å². The minimum absolute atomic E-state index is 0.164. The fraction of sp³-hybridized carbons (Fsp3) is 0.143. The third-order valence-corrected chi connectivity index (χ3v) is 1.49. The Balaban J connectivity index is 3.38. The van der Waals surface area contributed by atoms with E-state index >= 15 is 0 Å². The molecule has 0 amide bonds. The second-order valence-electron chi connectivity index (χ2n) is 2.19. The highest BCUT2D eigenvalue weighted by atomic mass is 16.6. The van der Waals surface area contributed by atoms with Crippen LogP contribution in [-0.4, -0.2) is 12.0 Å². The number of nitro groups is 1. The first-order chi connectivity index (χ1) is 6.20. The Morgan fingerprint density at radius 2 is 2.31 bits per heavy atom. The van der Waals surface area contributed by atoms with E-state index < -0.39 is 4.92 Å². The van der Waals surface area contributed by atoms with Crippen LogP contribution in [0.25, 0.3) is 4.98 Å². The van der Waals surface area contributed by atoms with Crippen LogP contribution in [-0.2, 0) is 0 Å². The number of nitrogens with zero attached hydrogens (tertiary/aromatic N) is 3. The van der Waals surface area contributed by atoms with Gasteiger partial charge in [0.2, 0.25) is 11.1 Å². The van der Waals surface area contributed by atoms with Crippen LogP contribution in [0.4, 0.5) is 11.4 Å². The van der Waals surface area contributed by atoms with Crippen LogP contribution >= 0.6 is 0 Å². The van der Waals surface area contributed by atoms with Gasteiger partial charge in [-0.1, -0.05) is 6.07 Å². The van der Waals surface area contributed by atoms with Crippen molar-refractivity contribution in [3.63, 3.8) is 0 Å². The number of hydrogen-bond acceptors (Lipinski definition) is 4. The highest BCUT2D eigenvalue weighted by Crippen LogP contribution is 2.36. The Hall–Kier alpha value is -2.16. The van der Waals surface area contributed by atoms with Crippen molar-refractivity contribution in [1.29, 1.82) is 5.39 Å². The first kappa shape index (κ1) is 8.93. The fourth-order valence-corrected chi connectivity index (χ4v) is 0.923. The van der Waals surface area contributed by atoms with Crippen LogP contribution in [0.15, 0.2) is 18.2 Å². The molecular formula is C7H6N3O3+. The van der Waals surface area contributed by atoms with E-state index in [4.69, 9.17) is 10.1 Å². The van der Waals surface area contributed by atoms with Crippen molar-refractivity contribution < 1.29 is 9.66 Å². The molecule has 6 nitrogen and oxygen atoms in total. The highest BCUT2D eigenvalue weighted by Gasteiger charge is 2.29. The maximum atomic E-state index is 10.4. The summed E-state index contributed by atoms with van der Waals surface area (Å²) in [6.07, 6.45) is 0. The van der Waals surface area contributed by atoms with Crippen LogP contribution in [0.2, 0.25) is 0 Å². The maximum absolute atomic E-state index is 10.4. The van der Waals surface area contributed by atoms with Crippen molar-refractivity contribution in [1.82, 2.24) is 0 Å². The standard InChI is InChI=1S/C7H6N3O3/c1-13-6-4-2-3-5(10(11)12)7(6)9-8/h2-4H,1H3/q+1. The number of ether oxygens (including phenoxy) is 1. The second-order valence-corrected chi connectivity index (χ2v) is 2.19. The molecule has 13 heavy (non-hydrogen) atoms. The lowest BCUT2D eigenvalue weighted by molar-refractivity contribution is -0.383. The number of rotatable bonds is 2. The van der Waals surface area contributed by atoms with E-state index in [1.807, 2.05) is 0 Å². The molecule has 0 aliphatic carbocycles. The van der Waals surface area contributed by atoms with Gasteiger partial charge in [-0.2, -0.15) is 0 Å². The molecule has 0 radical (unpaired) electrons. The molecule has 0 fully saturated rings. The predicted octanol–water partition coefficient (Wildman–Crippen LogP) is 2.09. The summed E-state index contributed by atoms with van der Waals surface area (Å²) in [4.78, 5) is 12.6. The van der Waals surface area contributed by atoms with E-state index in [2.05, 4.69) is 4.98 Å². The van der Waals surface area contributed by atoms with E-state index in [1.165, 1.54) is 25.3 Å². The number of diazo groups is 1. The summed E-state index contributed by atoms with van der Waals surface area (Å²) < 4.78 is 4.77. The molecule has 0 heterocycles. The Labute approximate surface area is 73.5 Å². The molecule has 0 spiro atoms. The van der Waals surface area contributed by atoms with Crippen molar-refractivity contribution in [2.24, 2.45) is 0 Å². The van der Waals surface area contributed by atoms with Gasteiger partial charge in [-0.25, -0.2) is 0 Å². The Bertz CT molecular complexity index is 383. The summed E-state index contributed by atoms with van der Waals surface area (Å²) >= 11 is 0. The Morgan fingerprint density at radius 3 is 2.77 bits per heavy atom. The van der Waals surface area contributed by atoms with Crippen LogP contribution in [0, 0.1) is 15.5 Å². The molecule has 0 atom stereocenters. The van der Waals surface area contributed by atoms with E-state index in [9.17, 15) is 10.1 Å². The summed E-state index contributed by atoms with van der Waals surface area (Å²) in [5, 5.41) is 18.9. The molecule has 6 heteroatoms. The molecule has 1 aromatic rings. The third-order valence-electron chi connectivity index (χ3n) is 1.49. The largest absolute Gasteiger partial charge is 0.502 e. The molecule has 1 rings (SSSR count). The Morgan fingerprint density at radius 1 is 1.62 bits per heavy atom. The van der Waals surface area contributed by atoms with Gasteiger partial charge in [-0.3, -0.25) is 10.1 Å². The Kier molecular flexibility index (Phi) is 2.40. The normalized spacial score (nSPS) is 8.92. The zero-order valence-electron chi connectivity index (χ0n) is 6.80. The highest BCUT2D eigenvalue weighted by molar-refractivity contribution is 5.70. The number of nitro benzene ring substituents is 1. The van der Waals surface area contributed by atoms with Crippen LogP contribution < -0.4 is 4.74 Å². The van der Waals surface area contributed by atoms with Gasteiger partial charge < -0.3 is 4.74 Å². The summed E-state index contributed by atoms with van der Waals surface area (Å²) in [5.74, 6) is 0.164. The third kappa shape index (κ3) is 1.54. The van der Waals surface area contributed by atoms with Gasteiger partial charge >= 0.3 is 11.4 Å². The minimum Gasteiger partial charge on any atom is -0.489 e. The van der Waals surface area contributed by atoms with Gasteiger partial charge in [0.1, 0.15) is 0 Å². The van der Waals surface area contributed by atoms with Crippen molar-refractivity contribution in [3.8, 4) is 5.75 Å². The zero-order chi connectivity index (χ0) is 9.84. The smallest absolute Gasteiger partial charge is 0.489 e. The van der Waals surface area contributed by atoms with E-state index in [-0.39, 0.29) is 17.1 Å². The minimum atomic E-state index is -0.641. The molecule has 0 bridgehead atoms. The first-order valence-corrected chi connectivity index (χ1v) is 3.37. The summed E-state index contributed by atoms with van der Waals surface area (Å²) in [7, 11) is 1.34. The topological polar surface area (TPSA) is 80.5 Å². The zero-order valence-corrected chi connectivity index (χ0v) is 6.80. The van der Waals surface area contributed by atoms with Crippen LogP contribution in [0.1, 0.15) is 0 Å². The summed E-state index contributed by atoms with van der Waals surface area (Å²) in [5.41, 5.74) is -0.461. The molecular weight excluding hydrogens is 174 g/mol. The number of methoxy groups -OCH3 is 1. The van der Waals surface area contributed by atoms with Crippen molar-refractivity contribution in [3.05, 3.63) is 33.3 Å². The lowest BCUT2D eigenvalue weighted by atomic mass is 10.2. The summed E-state index contributed by atoms with van der Waals surface area (Å²) in [6.45, 7) is 0. The van der Waals surface area contributed by atoms with Gasteiger partial charge in [0, 0.05) is 6.07 Å². The van der Waals surface area contributed by atoms with Crippen LogP contribution in [0.5, 0.6) is 5.75 Å². The quantitative estimate of drug-likeness (QED) is 0.396. The van der Waals surface area contributed by atoms with Gasteiger partial charge in [0.15, 0.2) is 4.98 Å². The van der Waals surface area contributed by atoms with Gasteiger partial charge in [0.05, 0.1) is 12.0 Å². The van der Waals surface area contributed by atoms with Gasteiger partial charge in [0.25, 0.3) is 0 Å². The molecule has 0 N–H and O–H groups in total. The van der Waals surface area contributed by atoms with Crippen molar-refractivity contribution in [2.45, 2.75) is 0 Å². The van der Waals surface area contributed by atoms with Crippen molar-refractivity contribution in [2.75, 3.05) is 7.11 Å². The lowest BCUT2D eigenvalue weighted by Gasteiger charge is -1.94. The molecule has 0 unspecified atom stereocenters. The average molecular weight is 180 g/mol. The molecule has 1 aromatic carbocycles. The molecule has 0 aliphatic heterocycles. The lowest BCUT2D eigenvalue weighted by Crippen LogP contribution is -1.90. The molecule has 0 aliphatic rings.